The maximum absolute atomic E-state index is 12.3. The molecule has 0 bridgehead atoms. The molecule has 18 heavy (non-hydrogen) atoms. The summed E-state index contributed by atoms with van der Waals surface area (Å²) in [5.41, 5.74) is 5.65. The number of nitrogens with zero attached hydrogens (tertiary/aromatic N) is 1. The summed E-state index contributed by atoms with van der Waals surface area (Å²) in [4.78, 5) is 16.9. The summed E-state index contributed by atoms with van der Waals surface area (Å²) < 4.78 is 0. The molecule has 2 rings (SSSR count). The summed E-state index contributed by atoms with van der Waals surface area (Å²) in [6, 6.07) is 3.98. The first-order valence-corrected chi connectivity index (χ1v) is 7.51. The molecule has 1 saturated heterocycles. The maximum atomic E-state index is 12.3. The normalized spacial score (nSPS) is 16.8. The number of thiophene rings is 1. The highest BCUT2D eigenvalue weighted by Gasteiger charge is 2.25. The van der Waals surface area contributed by atoms with Crippen LogP contribution >= 0.6 is 23.6 Å². The number of aryl methyl sites for hydroxylation is 1. The second-order valence-electron chi connectivity index (χ2n) is 4.59. The number of nitrogens with two attached hydrogens (primary N) is 1. The lowest BCUT2D eigenvalue weighted by Gasteiger charge is -2.31. The van der Waals surface area contributed by atoms with Crippen LogP contribution in [0.1, 0.15) is 34.3 Å². The Labute approximate surface area is 117 Å². The van der Waals surface area contributed by atoms with Crippen LogP contribution in [0.5, 0.6) is 0 Å². The third-order valence-corrected chi connectivity index (χ3v) is 4.96. The Balaban J connectivity index is 1.97. The third kappa shape index (κ3) is 2.90. The predicted octanol–water partition coefficient (Wildman–Crippen LogP) is 2.45. The molecule has 0 aromatic carbocycles. The molecule has 2 heterocycles. The van der Waals surface area contributed by atoms with E-state index in [-0.39, 0.29) is 5.91 Å². The number of piperidine rings is 1. The number of hydrogen-bond acceptors (Lipinski definition) is 3. The van der Waals surface area contributed by atoms with Crippen molar-refractivity contribution in [3.63, 3.8) is 0 Å². The van der Waals surface area contributed by atoms with Crippen LogP contribution in [-0.4, -0.2) is 28.9 Å². The van der Waals surface area contributed by atoms with Gasteiger partial charge in [-0.15, -0.1) is 11.3 Å². The largest absolute Gasteiger partial charge is 0.393 e. The van der Waals surface area contributed by atoms with Crippen molar-refractivity contribution in [2.75, 3.05) is 13.1 Å². The molecule has 0 saturated carbocycles. The van der Waals surface area contributed by atoms with Gasteiger partial charge in [-0.3, -0.25) is 4.79 Å². The van der Waals surface area contributed by atoms with Gasteiger partial charge in [-0.1, -0.05) is 19.1 Å². The van der Waals surface area contributed by atoms with Crippen LogP contribution in [0.15, 0.2) is 12.1 Å². The van der Waals surface area contributed by atoms with Crippen molar-refractivity contribution >= 4 is 34.5 Å². The lowest BCUT2D eigenvalue weighted by Crippen LogP contribution is -2.41. The van der Waals surface area contributed by atoms with E-state index in [1.807, 2.05) is 17.0 Å². The molecule has 0 unspecified atom stereocenters. The molecule has 3 nitrogen and oxygen atoms in total. The van der Waals surface area contributed by atoms with E-state index >= 15 is 0 Å². The molecule has 1 fully saturated rings. The third-order valence-electron chi connectivity index (χ3n) is 3.41. The van der Waals surface area contributed by atoms with Gasteiger partial charge in [-0.05, 0) is 31.4 Å². The smallest absolute Gasteiger partial charge is 0.263 e. The Bertz CT molecular complexity index is 448. The molecule has 1 aromatic rings. The standard InChI is InChI=1S/C13H18N2OS2/c1-2-10-3-4-11(18-10)13(16)15-7-5-9(6-8-15)12(14)17/h3-4,9H,2,5-8H2,1H3,(H2,14,17). The topological polar surface area (TPSA) is 46.3 Å². The summed E-state index contributed by atoms with van der Waals surface area (Å²) in [7, 11) is 0. The van der Waals surface area contributed by atoms with Crippen LogP contribution in [0.25, 0.3) is 0 Å². The molecule has 0 aliphatic carbocycles. The van der Waals surface area contributed by atoms with Crippen LogP contribution in [0.2, 0.25) is 0 Å². The van der Waals surface area contributed by atoms with Crippen LogP contribution < -0.4 is 5.73 Å². The second kappa shape index (κ2) is 5.80. The van der Waals surface area contributed by atoms with E-state index in [0.717, 1.165) is 37.2 Å². The molecule has 0 spiro atoms. The number of carbonyl (C=O) groups is 1. The van der Waals surface area contributed by atoms with Gasteiger partial charge in [-0.25, -0.2) is 0 Å². The minimum atomic E-state index is 0.154. The number of rotatable bonds is 3. The van der Waals surface area contributed by atoms with Crippen LogP contribution in [0.3, 0.4) is 0 Å². The van der Waals surface area contributed by atoms with Gasteiger partial charge in [0.1, 0.15) is 0 Å². The molecule has 1 aromatic heterocycles. The zero-order valence-electron chi connectivity index (χ0n) is 10.5. The van der Waals surface area contributed by atoms with Gasteiger partial charge in [0.05, 0.1) is 9.87 Å². The highest BCUT2D eigenvalue weighted by atomic mass is 32.1. The fourth-order valence-electron chi connectivity index (χ4n) is 2.21. The van der Waals surface area contributed by atoms with Crippen LogP contribution in [0.4, 0.5) is 0 Å². The van der Waals surface area contributed by atoms with Crippen molar-refractivity contribution in [1.29, 1.82) is 0 Å². The number of likely N-dealkylation sites (tertiary alicyclic amines) is 1. The summed E-state index contributed by atoms with van der Waals surface area (Å²) >= 11 is 6.61. The SMILES string of the molecule is CCc1ccc(C(=O)N2CCC(C(N)=S)CC2)s1. The maximum Gasteiger partial charge on any atom is 0.263 e. The van der Waals surface area contributed by atoms with Gasteiger partial charge in [0.2, 0.25) is 0 Å². The molecular weight excluding hydrogens is 264 g/mol. The molecular formula is C13H18N2OS2. The molecule has 5 heteroatoms. The molecule has 0 atom stereocenters. The summed E-state index contributed by atoms with van der Waals surface area (Å²) in [6.45, 7) is 3.63. The van der Waals surface area contributed by atoms with Crippen molar-refractivity contribution in [2.24, 2.45) is 11.7 Å². The molecule has 98 valence electrons. The van der Waals surface area contributed by atoms with E-state index in [4.69, 9.17) is 18.0 Å². The van der Waals surface area contributed by atoms with Crippen molar-refractivity contribution < 1.29 is 4.79 Å². The lowest BCUT2D eigenvalue weighted by atomic mass is 9.97. The highest BCUT2D eigenvalue weighted by Crippen LogP contribution is 2.23. The first-order chi connectivity index (χ1) is 8.61. The van der Waals surface area contributed by atoms with Gasteiger partial charge >= 0.3 is 0 Å². The van der Waals surface area contributed by atoms with E-state index in [0.29, 0.717) is 10.9 Å². The van der Waals surface area contributed by atoms with E-state index in [2.05, 4.69) is 6.92 Å². The van der Waals surface area contributed by atoms with Gasteiger partial charge in [0, 0.05) is 23.9 Å². The second-order valence-corrected chi connectivity index (χ2v) is 6.23. The monoisotopic (exact) mass is 282 g/mol. The average Bonchev–Trinajstić information content (AvgIpc) is 2.86. The van der Waals surface area contributed by atoms with E-state index in [9.17, 15) is 4.79 Å². The Hall–Kier alpha value is -0.940. The van der Waals surface area contributed by atoms with Crippen LogP contribution in [-0.2, 0) is 6.42 Å². The fraction of sp³-hybridized carbons (Fsp3) is 0.538. The quantitative estimate of drug-likeness (QED) is 0.866. The number of amides is 1. The van der Waals surface area contributed by atoms with Crippen molar-refractivity contribution in [3.8, 4) is 0 Å². The summed E-state index contributed by atoms with van der Waals surface area (Å²) in [6.07, 6.45) is 2.78. The van der Waals surface area contributed by atoms with Crippen molar-refractivity contribution in [2.45, 2.75) is 26.2 Å². The zero-order valence-corrected chi connectivity index (χ0v) is 12.1. The van der Waals surface area contributed by atoms with Gasteiger partial charge in [0.25, 0.3) is 5.91 Å². The van der Waals surface area contributed by atoms with Crippen molar-refractivity contribution in [3.05, 3.63) is 21.9 Å². The highest BCUT2D eigenvalue weighted by molar-refractivity contribution is 7.80. The summed E-state index contributed by atoms with van der Waals surface area (Å²) in [5.74, 6) is 0.458. The van der Waals surface area contributed by atoms with E-state index in [1.165, 1.54) is 4.88 Å². The molecule has 1 amide bonds. The predicted molar refractivity (Wildman–Crippen MR) is 79.1 cm³/mol. The van der Waals surface area contributed by atoms with Crippen molar-refractivity contribution in [1.82, 2.24) is 4.90 Å². The van der Waals surface area contributed by atoms with Gasteiger partial charge in [0.15, 0.2) is 0 Å². The first kappa shape index (κ1) is 13.5. The number of thiocarbonyl (C=S) groups is 1. The molecule has 0 radical (unpaired) electrons. The summed E-state index contributed by atoms with van der Waals surface area (Å²) in [5, 5.41) is 0. The fourth-order valence-corrected chi connectivity index (χ4v) is 3.36. The number of hydrogen-bond donors (Lipinski definition) is 1. The number of carbonyl (C=O) groups excluding carboxylic acids is 1. The van der Waals surface area contributed by atoms with E-state index in [1.54, 1.807) is 11.3 Å². The van der Waals surface area contributed by atoms with E-state index < -0.39 is 0 Å². The Morgan fingerprint density at radius 1 is 1.50 bits per heavy atom. The zero-order chi connectivity index (χ0) is 13.1. The van der Waals surface area contributed by atoms with Crippen LogP contribution in [0, 0.1) is 5.92 Å². The Kier molecular flexibility index (Phi) is 4.35. The molecule has 1 aliphatic rings. The minimum Gasteiger partial charge on any atom is -0.393 e. The average molecular weight is 282 g/mol. The minimum absolute atomic E-state index is 0.154. The Morgan fingerprint density at radius 3 is 2.67 bits per heavy atom. The molecule has 2 N–H and O–H groups in total. The first-order valence-electron chi connectivity index (χ1n) is 6.29. The van der Waals surface area contributed by atoms with Gasteiger partial charge < -0.3 is 10.6 Å². The Morgan fingerprint density at radius 2 is 2.17 bits per heavy atom. The lowest BCUT2D eigenvalue weighted by molar-refractivity contribution is 0.0715. The molecule has 1 aliphatic heterocycles. The van der Waals surface area contributed by atoms with Gasteiger partial charge in [-0.2, -0.15) is 0 Å².